The van der Waals surface area contributed by atoms with Crippen molar-refractivity contribution in [3.8, 4) is 0 Å². The number of aryl methyl sites for hydroxylation is 2. The molecule has 1 heterocycles. The van der Waals surface area contributed by atoms with Crippen molar-refractivity contribution < 1.29 is 4.52 Å². The first-order valence-corrected chi connectivity index (χ1v) is 7.76. The van der Waals surface area contributed by atoms with E-state index in [1.807, 2.05) is 0 Å². The van der Waals surface area contributed by atoms with Crippen LogP contribution >= 0.6 is 0 Å². The SMILES string of the molecule is Cc1ccc(Cc2noc(C3CCCC(N)C3)n2)cc1C. The summed E-state index contributed by atoms with van der Waals surface area (Å²) in [6.07, 6.45) is 5.06. The Bertz CT molecular complexity index is 620. The summed E-state index contributed by atoms with van der Waals surface area (Å²) in [6.45, 7) is 4.25. The zero-order chi connectivity index (χ0) is 14.8. The molecule has 1 aliphatic carbocycles. The van der Waals surface area contributed by atoms with Crippen molar-refractivity contribution >= 4 is 0 Å². The number of hydrogen-bond donors (Lipinski definition) is 1. The summed E-state index contributed by atoms with van der Waals surface area (Å²) >= 11 is 0. The fourth-order valence-corrected chi connectivity index (χ4v) is 3.05. The fraction of sp³-hybridized carbons (Fsp3) is 0.529. The molecule has 2 unspecified atom stereocenters. The van der Waals surface area contributed by atoms with Gasteiger partial charge in [-0.3, -0.25) is 0 Å². The van der Waals surface area contributed by atoms with Gasteiger partial charge in [0.25, 0.3) is 0 Å². The lowest BCUT2D eigenvalue weighted by Gasteiger charge is -2.23. The molecule has 0 saturated heterocycles. The quantitative estimate of drug-likeness (QED) is 0.940. The van der Waals surface area contributed by atoms with Crippen molar-refractivity contribution in [2.45, 2.75) is 57.9 Å². The van der Waals surface area contributed by atoms with Crippen molar-refractivity contribution in [3.63, 3.8) is 0 Å². The molecule has 1 aromatic heterocycles. The van der Waals surface area contributed by atoms with Gasteiger partial charge >= 0.3 is 0 Å². The van der Waals surface area contributed by atoms with Crippen LogP contribution in [-0.4, -0.2) is 16.2 Å². The van der Waals surface area contributed by atoms with Crippen LogP contribution in [0.1, 0.15) is 60.0 Å². The van der Waals surface area contributed by atoms with Crippen molar-refractivity contribution in [2.24, 2.45) is 5.73 Å². The summed E-state index contributed by atoms with van der Waals surface area (Å²) in [4.78, 5) is 4.58. The van der Waals surface area contributed by atoms with Crippen molar-refractivity contribution in [1.29, 1.82) is 0 Å². The van der Waals surface area contributed by atoms with E-state index in [1.54, 1.807) is 0 Å². The maximum atomic E-state index is 6.03. The average Bonchev–Trinajstić information content (AvgIpc) is 2.91. The lowest BCUT2D eigenvalue weighted by molar-refractivity contribution is 0.297. The van der Waals surface area contributed by atoms with Gasteiger partial charge in [0.1, 0.15) is 0 Å². The molecule has 0 spiro atoms. The van der Waals surface area contributed by atoms with Gasteiger partial charge < -0.3 is 10.3 Å². The third kappa shape index (κ3) is 3.32. The van der Waals surface area contributed by atoms with Gasteiger partial charge in [0.05, 0.1) is 0 Å². The summed E-state index contributed by atoms with van der Waals surface area (Å²) in [6, 6.07) is 6.75. The highest BCUT2D eigenvalue weighted by atomic mass is 16.5. The number of rotatable bonds is 3. The van der Waals surface area contributed by atoms with Crippen LogP contribution in [0.25, 0.3) is 0 Å². The Morgan fingerprint density at radius 1 is 1.24 bits per heavy atom. The largest absolute Gasteiger partial charge is 0.339 e. The molecule has 1 aromatic carbocycles. The number of nitrogens with two attached hydrogens (primary N) is 1. The van der Waals surface area contributed by atoms with Gasteiger partial charge in [0.15, 0.2) is 5.82 Å². The predicted octanol–water partition coefficient (Wildman–Crippen LogP) is 3.26. The Kier molecular flexibility index (Phi) is 4.06. The number of aromatic nitrogens is 2. The molecule has 0 aliphatic heterocycles. The molecular weight excluding hydrogens is 262 g/mol. The molecule has 0 radical (unpaired) electrons. The summed E-state index contributed by atoms with van der Waals surface area (Å²) in [5.41, 5.74) is 9.87. The van der Waals surface area contributed by atoms with Crippen molar-refractivity contribution in [2.75, 3.05) is 0 Å². The Balaban J connectivity index is 1.71. The minimum atomic E-state index is 0.277. The van der Waals surface area contributed by atoms with Gasteiger partial charge in [-0.1, -0.05) is 29.8 Å². The third-order valence-corrected chi connectivity index (χ3v) is 4.48. The lowest BCUT2D eigenvalue weighted by atomic mass is 9.86. The predicted molar refractivity (Wildman–Crippen MR) is 82.2 cm³/mol. The van der Waals surface area contributed by atoms with Crippen LogP contribution in [0, 0.1) is 13.8 Å². The highest BCUT2D eigenvalue weighted by Gasteiger charge is 2.25. The van der Waals surface area contributed by atoms with Crippen LogP contribution in [0.3, 0.4) is 0 Å². The minimum absolute atomic E-state index is 0.277. The molecule has 3 rings (SSSR count). The molecule has 1 fully saturated rings. The van der Waals surface area contributed by atoms with Gasteiger partial charge in [-0.15, -0.1) is 0 Å². The van der Waals surface area contributed by atoms with E-state index >= 15 is 0 Å². The van der Waals surface area contributed by atoms with E-state index in [-0.39, 0.29) is 6.04 Å². The second-order valence-corrected chi connectivity index (χ2v) is 6.27. The van der Waals surface area contributed by atoms with Gasteiger partial charge in [-0.25, -0.2) is 0 Å². The molecule has 2 N–H and O–H groups in total. The molecule has 2 aromatic rings. The molecule has 1 aliphatic rings. The van der Waals surface area contributed by atoms with E-state index in [1.165, 1.54) is 16.7 Å². The molecule has 0 amide bonds. The highest BCUT2D eigenvalue weighted by molar-refractivity contribution is 5.31. The Morgan fingerprint density at radius 3 is 2.86 bits per heavy atom. The normalized spacial score (nSPS) is 22.4. The zero-order valence-electron chi connectivity index (χ0n) is 12.8. The molecule has 112 valence electrons. The fourth-order valence-electron chi connectivity index (χ4n) is 3.05. The number of hydrogen-bond acceptors (Lipinski definition) is 4. The van der Waals surface area contributed by atoms with E-state index < -0.39 is 0 Å². The second-order valence-electron chi connectivity index (χ2n) is 6.27. The first-order valence-electron chi connectivity index (χ1n) is 7.76. The topological polar surface area (TPSA) is 64.9 Å². The molecule has 4 heteroatoms. The lowest BCUT2D eigenvalue weighted by Crippen LogP contribution is -2.26. The molecular formula is C17H23N3O. The van der Waals surface area contributed by atoms with Crippen LogP contribution in [0.4, 0.5) is 0 Å². The van der Waals surface area contributed by atoms with Crippen molar-refractivity contribution in [3.05, 3.63) is 46.6 Å². The van der Waals surface area contributed by atoms with Crippen LogP contribution in [0.5, 0.6) is 0 Å². The van der Waals surface area contributed by atoms with Gasteiger partial charge in [-0.05, 0) is 49.8 Å². The number of nitrogens with zero attached hydrogens (tertiary/aromatic N) is 2. The molecule has 1 saturated carbocycles. The monoisotopic (exact) mass is 285 g/mol. The summed E-state index contributed by atoms with van der Waals surface area (Å²) in [5.74, 6) is 1.88. The van der Waals surface area contributed by atoms with E-state index in [0.717, 1.165) is 43.8 Å². The van der Waals surface area contributed by atoms with Crippen LogP contribution in [-0.2, 0) is 6.42 Å². The van der Waals surface area contributed by atoms with Crippen LogP contribution < -0.4 is 5.73 Å². The standard InChI is InChI=1S/C17H23N3O/c1-11-6-7-13(8-12(11)2)9-16-19-17(21-20-16)14-4-3-5-15(18)10-14/h6-8,14-15H,3-5,9-10,18H2,1-2H3. The first-order chi connectivity index (χ1) is 10.1. The smallest absolute Gasteiger partial charge is 0.229 e. The molecule has 0 bridgehead atoms. The first kappa shape index (κ1) is 14.3. The minimum Gasteiger partial charge on any atom is -0.339 e. The van der Waals surface area contributed by atoms with Gasteiger partial charge in [-0.2, -0.15) is 4.98 Å². The maximum absolute atomic E-state index is 6.03. The molecule has 2 atom stereocenters. The summed E-state index contributed by atoms with van der Waals surface area (Å²) in [5, 5.41) is 4.14. The number of benzene rings is 1. The van der Waals surface area contributed by atoms with Crippen LogP contribution in [0.15, 0.2) is 22.7 Å². The highest BCUT2D eigenvalue weighted by Crippen LogP contribution is 2.31. The third-order valence-electron chi connectivity index (χ3n) is 4.48. The molecule has 21 heavy (non-hydrogen) atoms. The molecule has 4 nitrogen and oxygen atoms in total. The Labute approximate surface area is 125 Å². The van der Waals surface area contributed by atoms with Gasteiger partial charge in [0, 0.05) is 18.4 Å². The maximum Gasteiger partial charge on any atom is 0.229 e. The van der Waals surface area contributed by atoms with Crippen LogP contribution in [0.2, 0.25) is 0 Å². The van der Waals surface area contributed by atoms with Gasteiger partial charge in [0.2, 0.25) is 5.89 Å². The zero-order valence-corrected chi connectivity index (χ0v) is 12.8. The second kappa shape index (κ2) is 5.98. The average molecular weight is 285 g/mol. The Hall–Kier alpha value is -1.68. The van der Waals surface area contributed by atoms with E-state index in [0.29, 0.717) is 5.92 Å². The summed E-state index contributed by atoms with van der Waals surface area (Å²) in [7, 11) is 0. The van der Waals surface area contributed by atoms with E-state index in [2.05, 4.69) is 42.2 Å². The summed E-state index contributed by atoms with van der Waals surface area (Å²) < 4.78 is 5.46. The van der Waals surface area contributed by atoms with Crippen molar-refractivity contribution in [1.82, 2.24) is 10.1 Å². The van der Waals surface area contributed by atoms with E-state index in [4.69, 9.17) is 10.3 Å². The Morgan fingerprint density at radius 2 is 2.10 bits per heavy atom. The van der Waals surface area contributed by atoms with E-state index in [9.17, 15) is 0 Å².